The van der Waals surface area contributed by atoms with E-state index in [-0.39, 0.29) is 0 Å². The van der Waals surface area contributed by atoms with Gasteiger partial charge in [0.15, 0.2) is 5.65 Å². The molecule has 0 radical (unpaired) electrons. The SMILES string of the molecule is CN1CCc2c(sc3ncn4ncnc4c23)C1. The Hall–Kier alpha value is -1.53. The number of hydrogen-bond acceptors (Lipinski definition) is 5. The predicted molar refractivity (Wildman–Crippen MR) is 66.2 cm³/mol. The first-order valence-corrected chi connectivity index (χ1v) is 6.42. The van der Waals surface area contributed by atoms with Gasteiger partial charge in [-0.15, -0.1) is 11.3 Å². The third-order valence-electron chi connectivity index (χ3n) is 3.31. The van der Waals surface area contributed by atoms with Crippen molar-refractivity contribution < 1.29 is 0 Å². The maximum Gasteiger partial charge on any atom is 0.167 e. The van der Waals surface area contributed by atoms with Crippen molar-refractivity contribution in [1.29, 1.82) is 0 Å². The molecule has 3 aromatic heterocycles. The third kappa shape index (κ3) is 1.25. The quantitative estimate of drug-likeness (QED) is 0.599. The summed E-state index contributed by atoms with van der Waals surface area (Å²) in [6.45, 7) is 2.13. The van der Waals surface area contributed by atoms with Gasteiger partial charge in [-0.3, -0.25) is 0 Å². The monoisotopic (exact) mass is 245 g/mol. The molecule has 1 aliphatic heterocycles. The lowest BCUT2D eigenvalue weighted by Gasteiger charge is -2.21. The van der Waals surface area contributed by atoms with Crippen LogP contribution < -0.4 is 0 Å². The summed E-state index contributed by atoms with van der Waals surface area (Å²) in [6, 6.07) is 0. The molecule has 4 heterocycles. The molecule has 0 atom stereocenters. The Morgan fingerprint density at radius 3 is 3.24 bits per heavy atom. The van der Waals surface area contributed by atoms with Crippen molar-refractivity contribution in [3.05, 3.63) is 23.1 Å². The number of likely N-dealkylation sites (N-methyl/N-ethyl adjacent to an activating group) is 1. The number of rotatable bonds is 0. The summed E-state index contributed by atoms with van der Waals surface area (Å²) in [5.74, 6) is 0. The fourth-order valence-corrected chi connectivity index (χ4v) is 3.72. The molecule has 0 amide bonds. The standard InChI is InChI=1S/C11H11N5S/c1-15-3-2-7-8(4-15)17-11-9(7)10-12-5-14-16(10)6-13-11/h5-6H,2-4H2,1H3. The highest BCUT2D eigenvalue weighted by Crippen LogP contribution is 2.35. The van der Waals surface area contributed by atoms with Crippen LogP contribution in [0.15, 0.2) is 12.7 Å². The molecule has 86 valence electrons. The summed E-state index contributed by atoms with van der Waals surface area (Å²) in [5, 5.41) is 5.36. The molecule has 0 saturated carbocycles. The fraction of sp³-hybridized carbons (Fsp3) is 0.364. The molecule has 0 bridgehead atoms. The normalized spacial score (nSPS) is 16.8. The minimum atomic E-state index is 0.942. The van der Waals surface area contributed by atoms with E-state index >= 15 is 0 Å². The molecule has 1 aliphatic rings. The zero-order valence-corrected chi connectivity index (χ0v) is 10.2. The molecule has 0 aromatic carbocycles. The second-order valence-corrected chi connectivity index (χ2v) is 5.53. The van der Waals surface area contributed by atoms with Crippen molar-refractivity contribution in [2.45, 2.75) is 13.0 Å². The van der Waals surface area contributed by atoms with E-state index in [1.165, 1.54) is 15.8 Å². The highest BCUT2D eigenvalue weighted by molar-refractivity contribution is 7.19. The van der Waals surface area contributed by atoms with Gasteiger partial charge in [-0.1, -0.05) is 0 Å². The van der Waals surface area contributed by atoms with Gasteiger partial charge in [-0.2, -0.15) is 5.10 Å². The largest absolute Gasteiger partial charge is 0.301 e. The van der Waals surface area contributed by atoms with Crippen LogP contribution in [-0.4, -0.2) is 38.1 Å². The molecule has 6 heteroatoms. The van der Waals surface area contributed by atoms with Gasteiger partial charge < -0.3 is 4.90 Å². The number of hydrogen-bond donors (Lipinski definition) is 0. The second kappa shape index (κ2) is 3.24. The zero-order valence-electron chi connectivity index (χ0n) is 9.42. The lowest BCUT2D eigenvalue weighted by molar-refractivity contribution is 0.318. The van der Waals surface area contributed by atoms with Crippen LogP contribution in [0.5, 0.6) is 0 Å². The van der Waals surface area contributed by atoms with E-state index in [4.69, 9.17) is 0 Å². The van der Waals surface area contributed by atoms with Crippen molar-refractivity contribution in [2.75, 3.05) is 13.6 Å². The van der Waals surface area contributed by atoms with Gasteiger partial charge in [0.25, 0.3) is 0 Å². The summed E-state index contributed by atoms with van der Waals surface area (Å²) in [4.78, 5) is 13.7. The molecule has 0 N–H and O–H groups in total. The first-order chi connectivity index (χ1) is 8.33. The Morgan fingerprint density at radius 1 is 1.35 bits per heavy atom. The van der Waals surface area contributed by atoms with E-state index in [0.717, 1.165) is 30.0 Å². The topological polar surface area (TPSA) is 46.3 Å². The molecule has 4 rings (SSSR count). The van der Waals surface area contributed by atoms with Crippen molar-refractivity contribution in [3.8, 4) is 0 Å². The number of thiophene rings is 1. The van der Waals surface area contributed by atoms with Crippen molar-refractivity contribution in [1.82, 2.24) is 24.5 Å². The van der Waals surface area contributed by atoms with E-state index in [1.807, 2.05) is 0 Å². The smallest absolute Gasteiger partial charge is 0.167 e. The van der Waals surface area contributed by atoms with Gasteiger partial charge in [0, 0.05) is 18.0 Å². The van der Waals surface area contributed by atoms with Crippen LogP contribution in [0.25, 0.3) is 15.9 Å². The Balaban J connectivity index is 2.12. The van der Waals surface area contributed by atoms with Gasteiger partial charge in [0.05, 0.1) is 5.39 Å². The Labute approximate surface area is 102 Å². The van der Waals surface area contributed by atoms with Gasteiger partial charge in [0.1, 0.15) is 17.5 Å². The fourth-order valence-electron chi connectivity index (χ4n) is 2.46. The van der Waals surface area contributed by atoms with Crippen molar-refractivity contribution in [2.24, 2.45) is 0 Å². The van der Waals surface area contributed by atoms with Crippen LogP contribution >= 0.6 is 11.3 Å². The average Bonchev–Trinajstić information content (AvgIpc) is 2.89. The summed E-state index contributed by atoms with van der Waals surface area (Å²) in [6.07, 6.45) is 4.42. The van der Waals surface area contributed by atoms with Crippen LogP contribution in [0, 0.1) is 0 Å². The molecule has 5 nitrogen and oxygen atoms in total. The van der Waals surface area contributed by atoms with Crippen LogP contribution in [-0.2, 0) is 13.0 Å². The highest BCUT2D eigenvalue weighted by atomic mass is 32.1. The van der Waals surface area contributed by atoms with Crippen LogP contribution in [0.2, 0.25) is 0 Å². The predicted octanol–water partition coefficient (Wildman–Crippen LogP) is 1.33. The molecule has 0 fully saturated rings. The summed E-state index contributed by atoms with van der Waals surface area (Å²) in [5.41, 5.74) is 2.37. The molecule has 0 spiro atoms. The summed E-state index contributed by atoms with van der Waals surface area (Å²) in [7, 11) is 2.16. The zero-order chi connectivity index (χ0) is 11.4. The van der Waals surface area contributed by atoms with Gasteiger partial charge in [-0.25, -0.2) is 14.5 Å². The lowest BCUT2D eigenvalue weighted by Crippen LogP contribution is -2.25. The highest BCUT2D eigenvalue weighted by Gasteiger charge is 2.21. The second-order valence-electron chi connectivity index (χ2n) is 4.44. The number of nitrogens with zero attached hydrogens (tertiary/aromatic N) is 5. The van der Waals surface area contributed by atoms with Crippen molar-refractivity contribution >= 4 is 27.2 Å². The van der Waals surface area contributed by atoms with E-state index < -0.39 is 0 Å². The van der Waals surface area contributed by atoms with E-state index in [1.54, 1.807) is 28.5 Å². The molecular formula is C11H11N5S. The molecule has 3 aromatic rings. The average molecular weight is 245 g/mol. The van der Waals surface area contributed by atoms with Crippen LogP contribution in [0.1, 0.15) is 10.4 Å². The van der Waals surface area contributed by atoms with E-state index in [9.17, 15) is 0 Å². The summed E-state index contributed by atoms with van der Waals surface area (Å²) < 4.78 is 1.76. The van der Waals surface area contributed by atoms with Gasteiger partial charge in [0.2, 0.25) is 0 Å². The molecule has 0 aliphatic carbocycles. The first kappa shape index (κ1) is 9.49. The maximum absolute atomic E-state index is 4.47. The van der Waals surface area contributed by atoms with Crippen molar-refractivity contribution in [3.63, 3.8) is 0 Å². The minimum Gasteiger partial charge on any atom is -0.301 e. The Kier molecular flexibility index (Phi) is 1.81. The lowest BCUT2D eigenvalue weighted by atomic mass is 10.1. The molecule has 0 unspecified atom stereocenters. The number of fused-ring (bicyclic) bond motifs is 5. The number of aromatic nitrogens is 4. The maximum atomic E-state index is 4.47. The molecule has 17 heavy (non-hydrogen) atoms. The summed E-state index contributed by atoms with van der Waals surface area (Å²) >= 11 is 1.79. The Morgan fingerprint density at radius 2 is 2.29 bits per heavy atom. The van der Waals surface area contributed by atoms with Gasteiger partial charge >= 0.3 is 0 Å². The molecular weight excluding hydrogens is 234 g/mol. The Bertz CT molecular complexity index is 713. The first-order valence-electron chi connectivity index (χ1n) is 5.60. The minimum absolute atomic E-state index is 0.942. The van der Waals surface area contributed by atoms with Gasteiger partial charge in [-0.05, 0) is 19.0 Å². The van der Waals surface area contributed by atoms with E-state index in [2.05, 4.69) is 27.0 Å². The molecule has 0 saturated heterocycles. The van der Waals surface area contributed by atoms with Crippen LogP contribution in [0.4, 0.5) is 0 Å². The third-order valence-corrected chi connectivity index (χ3v) is 4.43. The van der Waals surface area contributed by atoms with Crippen LogP contribution in [0.3, 0.4) is 0 Å². The van der Waals surface area contributed by atoms with E-state index in [0.29, 0.717) is 0 Å².